The number of nitro groups is 1. The van der Waals surface area contributed by atoms with E-state index >= 15 is 0 Å². The Bertz CT molecular complexity index is 1670. The van der Waals surface area contributed by atoms with Crippen molar-refractivity contribution in [2.24, 2.45) is 5.10 Å². The number of nitrogens with zero attached hydrogens (tertiary/aromatic N) is 4. The summed E-state index contributed by atoms with van der Waals surface area (Å²) >= 11 is 3.38. The van der Waals surface area contributed by atoms with Gasteiger partial charge in [0.05, 0.1) is 22.0 Å². The first kappa shape index (κ1) is 27.6. The molecular weight excluding hydrogens is 566 g/mol. The van der Waals surface area contributed by atoms with Crippen molar-refractivity contribution in [3.05, 3.63) is 103 Å². The fourth-order valence-electron chi connectivity index (χ4n) is 3.79. The maximum absolute atomic E-state index is 13.3. The summed E-state index contributed by atoms with van der Waals surface area (Å²) in [7, 11) is 0. The molecular formula is C28H26BrN5O5. The molecule has 0 aliphatic rings. The lowest BCUT2D eigenvalue weighted by Crippen LogP contribution is -2.29. The molecule has 11 heteroatoms. The Balaban J connectivity index is 1.61. The van der Waals surface area contributed by atoms with Crippen molar-refractivity contribution >= 4 is 50.3 Å². The Morgan fingerprint density at radius 3 is 2.62 bits per heavy atom. The van der Waals surface area contributed by atoms with E-state index in [0.717, 1.165) is 10.0 Å². The minimum atomic E-state index is -0.603. The van der Waals surface area contributed by atoms with Gasteiger partial charge in [-0.1, -0.05) is 54.9 Å². The van der Waals surface area contributed by atoms with Crippen LogP contribution >= 0.6 is 15.9 Å². The average Bonchev–Trinajstić information content (AvgIpc) is 2.88. The number of para-hydroxylation sites is 1. The number of hydrogen-bond donors (Lipinski definition) is 1. The number of amides is 1. The summed E-state index contributed by atoms with van der Waals surface area (Å²) in [4.78, 5) is 41.5. The third-order valence-corrected chi connectivity index (χ3v) is 6.25. The number of fused-ring (bicyclic) bond motifs is 1. The third kappa shape index (κ3) is 6.37. The summed E-state index contributed by atoms with van der Waals surface area (Å²) < 4.78 is 7.40. The second-order valence-corrected chi connectivity index (χ2v) is 10.8. The largest absolute Gasteiger partial charge is 0.477 e. The highest BCUT2D eigenvalue weighted by molar-refractivity contribution is 9.10. The normalized spacial score (nSPS) is 11.6. The number of nitro benzene ring substituents is 1. The van der Waals surface area contributed by atoms with Gasteiger partial charge in [-0.2, -0.15) is 9.78 Å². The predicted molar refractivity (Wildman–Crippen MR) is 154 cm³/mol. The number of nitrogens with one attached hydrogen (secondary N) is 1. The molecule has 4 aromatic rings. The smallest absolute Gasteiger partial charge is 0.311 e. The number of aryl methyl sites for hydroxylation is 1. The molecule has 0 unspecified atom stereocenters. The Morgan fingerprint density at radius 1 is 1.18 bits per heavy atom. The molecule has 0 radical (unpaired) electrons. The van der Waals surface area contributed by atoms with Crippen LogP contribution in [0.25, 0.3) is 10.9 Å². The molecule has 4 rings (SSSR count). The van der Waals surface area contributed by atoms with Crippen molar-refractivity contribution < 1.29 is 14.5 Å². The molecule has 0 spiro atoms. The van der Waals surface area contributed by atoms with E-state index in [9.17, 15) is 19.7 Å². The lowest BCUT2D eigenvalue weighted by atomic mass is 9.95. The second kappa shape index (κ2) is 11.2. The number of rotatable bonds is 7. The Morgan fingerprint density at radius 2 is 1.92 bits per heavy atom. The predicted octanol–water partition coefficient (Wildman–Crippen LogP) is 5.57. The lowest BCUT2D eigenvalue weighted by molar-refractivity contribution is -0.385. The van der Waals surface area contributed by atoms with Gasteiger partial charge in [-0.15, -0.1) is 0 Å². The number of benzene rings is 3. The Kier molecular flexibility index (Phi) is 7.91. The van der Waals surface area contributed by atoms with E-state index in [-0.39, 0.29) is 17.0 Å². The van der Waals surface area contributed by atoms with Gasteiger partial charge in [0.1, 0.15) is 5.82 Å². The molecule has 0 saturated carbocycles. The van der Waals surface area contributed by atoms with E-state index < -0.39 is 22.9 Å². The quantitative estimate of drug-likeness (QED) is 0.170. The van der Waals surface area contributed by atoms with Crippen LogP contribution in [0.1, 0.15) is 37.7 Å². The first-order valence-electron chi connectivity index (χ1n) is 12.0. The van der Waals surface area contributed by atoms with E-state index in [1.165, 1.54) is 23.0 Å². The molecule has 1 amide bonds. The zero-order valence-electron chi connectivity index (χ0n) is 21.8. The Hall–Kier alpha value is -4.38. The second-order valence-electron chi connectivity index (χ2n) is 9.84. The number of carbonyl (C=O) groups excluding carboxylic acids is 1. The summed E-state index contributed by atoms with van der Waals surface area (Å²) in [5.74, 6) is -0.0803. The topological polar surface area (TPSA) is 129 Å². The van der Waals surface area contributed by atoms with Crippen LogP contribution in [0.2, 0.25) is 0 Å². The van der Waals surface area contributed by atoms with E-state index in [1.54, 1.807) is 30.3 Å². The zero-order valence-corrected chi connectivity index (χ0v) is 23.4. The zero-order chi connectivity index (χ0) is 28.3. The van der Waals surface area contributed by atoms with Gasteiger partial charge in [0.2, 0.25) is 0 Å². The van der Waals surface area contributed by atoms with Gasteiger partial charge < -0.3 is 10.1 Å². The maximum Gasteiger partial charge on any atom is 0.311 e. The first-order chi connectivity index (χ1) is 18.4. The van der Waals surface area contributed by atoms with Crippen molar-refractivity contribution in [3.8, 4) is 5.75 Å². The van der Waals surface area contributed by atoms with Crippen molar-refractivity contribution in [2.75, 3.05) is 11.9 Å². The summed E-state index contributed by atoms with van der Waals surface area (Å²) in [5, 5.41) is 19.2. The fourth-order valence-corrected chi connectivity index (χ4v) is 4.15. The van der Waals surface area contributed by atoms with Gasteiger partial charge in [-0.3, -0.25) is 19.7 Å². The number of hydrogen-bond acceptors (Lipinski definition) is 7. The van der Waals surface area contributed by atoms with Crippen LogP contribution in [0.4, 0.5) is 11.4 Å². The summed E-state index contributed by atoms with van der Waals surface area (Å²) in [6.07, 6.45) is 1.35. The molecule has 200 valence electrons. The molecule has 39 heavy (non-hydrogen) atoms. The van der Waals surface area contributed by atoms with Gasteiger partial charge in [-0.25, -0.2) is 4.98 Å². The SMILES string of the molecule is Cc1ccccc1NC(=O)COc1ccc(C=Nn2c(C(C)(C)C)nc3ccc(Br)cc3c2=O)cc1[N+](=O)[O-]. The molecule has 10 nitrogen and oxygen atoms in total. The minimum absolute atomic E-state index is 0.0677. The number of ether oxygens (including phenoxy) is 1. The highest BCUT2D eigenvalue weighted by Gasteiger charge is 2.23. The van der Waals surface area contributed by atoms with Crippen LogP contribution in [0, 0.1) is 17.0 Å². The molecule has 0 fully saturated rings. The van der Waals surface area contributed by atoms with Crippen molar-refractivity contribution in [2.45, 2.75) is 33.1 Å². The fraction of sp³-hybridized carbons (Fsp3) is 0.214. The van der Waals surface area contributed by atoms with Gasteiger partial charge >= 0.3 is 5.69 Å². The molecule has 0 atom stereocenters. The van der Waals surface area contributed by atoms with Crippen molar-refractivity contribution in [1.82, 2.24) is 9.66 Å². The van der Waals surface area contributed by atoms with Gasteiger partial charge in [-0.05, 0) is 48.9 Å². The summed E-state index contributed by atoms with van der Waals surface area (Å²) in [6, 6.07) is 16.7. The number of halogens is 1. The maximum atomic E-state index is 13.3. The number of aromatic nitrogens is 2. The molecule has 3 aromatic carbocycles. The van der Waals surface area contributed by atoms with E-state index in [1.807, 2.05) is 45.9 Å². The molecule has 1 heterocycles. The van der Waals surface area contributed by atoms with E-state index in [4.69, 9.17) is 4.74 Å². The monoisotopic (exact) mass is 591 g/mol. The number of anilines is 1. The lowest BCUT2D eigenvalue weighted by Gasteiger charge is -2.20. The van der Waals surface area contributed by atoms with Crippen LogP contribution in [-0.2, 0) is 10.2 Å². The van der Waals surface area contributed by atoms with E-state index in [2.05, 4.69) is 31.3 Å². The molecule has 1 aromatic heterocycles. The Labute approximate surface area is 232 Å². The molecule has 0 aliphatic carbocycles. The van der Waals surface area contributed by atoms with Crippen LogP contribution in [0.5, 0.6) is 5.75 Å². The molecule has 1 N–H and O–H groups in total. The average molecular weight is 592 g/mol. The van der Waals surface area contributed by atoms with Crippen LogP contribution in [0.15, 0.2) is 75.0 Å². The molecule has 0 aliphatic heterocycles. The standard InChI is InChI=1S/C28H26BrN5O5/c1-17-7-5-6-8-21(17)31-25(35)16-39-24-12-9-18(13-23(24)34(37)38)15-30-33-26(36)20-14-19(29)10-11-22(20)32-27(33)28(2,3)4/h5-15H,16H2,1-4H3,(H,31,35). The third-order valence-electron chi connectivity index (χ3n) is 5.76. The van der Waals surface area contributed by atoms with Gasteiger partial charge in [0, 0.05) is 27.2 Å². The van der Waals surface area contributed by atoms with Crippen molar-refractivity contribution in [1.29, 1.82) is 0 Å². The highest BCUT2D eigenvalue weighted by atomic mass is 79.9. The molecule has 0 saturated heterocycles. The first-order valence-corrected chi connectivity index (χ1v) is 12.8. The van der Waals surface area contributed by atoms with Crippen LogP contribution in [-0.4, -0.2) is 33.3 Å². The van der Waals surface area contributed by atoms with Crippen molar-refractivity contribution in [3.63, 3.8) is 0 Å². The van der Waals surface area contributed by atoms with Gasteiger partial charge in [0.25, 0.3) is 11.5 Å². The van der Waals surface area contributed by atoms with E-state index in [0.29, 0.717) is 28.0 Å². The highest BCUT2D eigenvalue weighted by Crippen LogP contribution is 2.28. The summed E-state index contributed by atoms with van der Waals surface area (Å²) in [5.41, 5.74) is 1.20. The minimum Gasteiger partial charge on any atom is -0.477 e. The molecule has 0 bridgehead atoms. The van der Waals surface area contributed by atoms with Crippen LogP contribution < -0.4 is 15.6 Å². The number of carbonyl (C=O) groups is 1. The van der Waals surface area contributed by atoms with Crippen LogP contribution in [0.3, 0.4) is 0 Å². The van der Waals surface area contributed by atoms with Gasteiger partial charge in [0.15, 0.2) is 12.4 Å². The summed E-state index contributed by atoms with van der Waals surface area (Å²) in [6.45, 7) is 7.19.